The molecule has 2 heterocycles. The lowest BCUT2D eigenvalue weighted by Gasteiger charge is -2.19. The predicted octanol–water partition coefficient (Wildman–Crippen LogP) is 3.63. The van der Waals surface area contributed by atoms with Crippen LogP contribution < -0.4 is 15.4 Å². The van der Waals surface area contributed by atoms with E-state index in [9.17, 15) is 9.59 Å². The molecule has 0 saturated heterocycles. The molecule has 0 aliphatic carbocycles. The van der Waals surface area contributed by atoms with E-state index in [1.165, 1.54) is 26.1 Å². The van der Waals surface area contributed by atoms with Gasteiger partial charge in [-0.05, 0) is 19.4 Å². The molecule has 0 bridgehead atoms. The number of anilines is 1. The molecule has 2 amide bonds. The van der Waals surface area contributed by atoms with Crippen LogP contribution in [-0.4, -0.2) is 40.2 Å². The van der Waals surface area contributed by atoms with Crippen LogP contribution in [-0.2, 0) is 4.79 Å². The summed E-state index contributed by atoms with van der Waals surface area (Å²) in [6.45, 7) is 3.43. The highest BCUT2D eigenvalue weighted by Gasteiger charge is 2.22. The van der Waals surface area contributed by atoms with Crippen molar-refractivity contribution in [3.8, 4) is 28.4 Å². The molecule has 0 fully saturated rings. The van der Waals surface area contributed by atoms with Gasteiger partial charge in [0.1, 0.15) is 5.75 Å². The highest BCUT2D eigenvalue weighted by molar-refractivity contribution is 5.97. The maximum absolute atomic E-state index is 12.8. The van der Waals surface area contributed by atoms with Crippen molar-refractivity contribution < 1.29 is 28.3 Å². The number of benzene rings is 1. The molecule has 3 aromatic rings. The minimum atomic E-state index is -1.13. The molecule has 2 unspecified atom stereocenters. The zero-order valence-electron chi connectivity index (χ0n) is 16.7. The molecule has 3 rings (SSSR count). The first-order valence-electron chi connectivity index (χ1n) is 9.19. The number of nitrogens with zero attached hydrogens (tertiary/aromatic N) is 2. The molecule has 2 atom stereocenters. The number of carbonyl (C=O) groups excluding carboxylic acids is 1. The van der Waals surface area contributed by atoms with Gasteiger partial charge in [-0.3, -0.25) is 4.79 Å². The Morgan fingerprint density at radius 3 is 2.27 bits per heavy atom. The van der Waals surface area contributed by atoms with Gasteiger partial charge in [0.2, 0.25) is 5.91 Å². The van der Waals surface area contributed by atoms with E-state index in [0.29, 0.717) is 40.5 Å². The summed E-state index contributed by atoms with van der Waals surface area (Å²) in [6.07, 6.45) is 4.90. The zero-order valence-corrected chi connectivity index (χ0v) is 16.7. The van der Waals surface area contributed by atoms with E-state index >= 15 is 0 Å². The van der Waals surface area contributed by atoms with Gasteiger partial charge in [-0.15, -0.1) is 0 Å². The summed E-state index contributed by atoms with van der Waals surface area (Å²) in [7, 11) is 1.51. The predicted molar refractivity (Wildman–Crippen MR) is 107 cm³/mol. The van der Waals surface area contributed by atoms with E-state index in [4.69, 9.17) is 18.7 Å². The second-order valence-electron chi connectivity index (χ2n) is 6.81. The molecule has 0 spiro atoms. The van der Waals surface area contributed by atoms with Crippen LogP contribution in [0.5, 0.6) is 5.75 Å². The maximum atomic E-state index is 12.8. The van der Waals surface area contributed by atoms with E-state index < -0.39 is 12.0 Å². The number of carboxylic acid groups (broad SMARTS) is 1. The van der Waals surface area contributed by atoms with Gasteiger partial charge in [0.25, 0.3) is 0 Å². The van der Waals surface area contributed by atoms with E-state index in [2.05, 4.69) is 20.6 Å². The number of amides is 2. The van der Waals surface area contributed by atoms with Gasteiger partial charge in [-0.1, -0.05) is 6.92 Å². The summed E-state index contributed by atoms with van der Waals surface area (Å²) in [4.78, 5) is 31.4. The van der Waals surface area contributed by atoms with Crippen LogP contribution >= 0.6 is 0 Å². The smallest absolute Gasteiger partial charge is 0.404 e. The topological polar surface area (TPSA) is 140 Å². The van der Waals surface area contributed by atoms with Crippen LogP contribution in [0.1, 0.15) is 20.3 Å². The number of nitrogens with one attached hydrogen (secondary N) is 2. The van der Waals surface area contributed by atoms with Crippen LogP contribution in [0.2, 0.25) is 0 Å². The van der Waals surface area contributed by atoms with Gasteiger partial charge in [0.05, 0.1) is 30.8 Å². The fourth-order valence-corrected chi connectivity index (χ4v) is 3.11. The molecule has 3 N–H and O–H groups in total. The minimum Gasteiger partial charge on any atom is -0.496 e. The van der Waals surface area contributed by atoms with Gasteiger partial charge < -0.3 is 29.3 Å². The van der Waals surface area contributed by atoms with Crippen molar-refractivity contribution in [2.24, 2.45) is 5.92 Å². The number of ether oxygens (including phenoxy) is 1. The summed E-state index contributed by atoms with van der Waals surface area (Å²) < 4.78 is 16.3. The van der Waals surface area contributed by atoms with Crippen molar-refractivity contribution >= 4 is 17.7 Å². The van der Waals surface area contributed by atoms with Crippen LogP contribution in [0.4, 0.5) is 10.5 Å². The fourth-order valence-electron chi connectivity index (χ4n) is 3.11. The van der Waals surface area contributed by atoms with Crippen molar-refractivity contribution in [1.29, 1.82) is 0 Å². The highest BCUT2D eigenvalue weighted by Crippen LogP contribution is 2.39. The Morgan fingerprint density at radius 2 is 1.73 bits per heavy atom. The summed E-state index contributed by atoms with van der Waals surface area (Å²) in [5.74, 6) is 0.687. The number of oxazole rings is 2. The van der Waals surface area contributed by atoms with Crippen molar-refractivity contribution in [2.45, 2.75) is 26.3 Å². The highest BCUT2D eigenvalue weighted by atomic mass is 16.5. The fraction of sp³-hybridized carbons (Fsp3) is 0.300. The van der Waals surface area contributed by atoms with E-state index in [-0.39, 0.29) is 11.9 Å². The average molecular weight is 414 g/mol. The Hall–Kier alpha value is -3.82. The lowest BCUT2D eigenvalue weighted by Crippen LogP contribution is -2.34. The van der Waals surface area contributed by atoms with E-state index in [0.717, 1.165) is 0 Å². The van der Waals surface area contributed by atoms with Crippen LogP contribution in [0.25, 0.3) is 22.6 Å². The van der Waals surface area contributed by atoms with Crippen LogP contribution in [0, 0.1) is 5.92 Å². The molecule has 0 aliphatic heterocycles. The Kier molecular flexibility index (Phi) is 6.35. The Bertz CT molecular complexity index is 1000. The molecule has 10 nitrogen and oxygen atoms in total. The first-order valence-corrected chi connectivity index (χ1v) is 9.19. The van der Waals surface area contributed by atoms with Gasteiger partial charge in [0, 0.05) is 23.6 Å². The third-order valence-corrected chi connectivity index (χ3v) is 4.52. The molecule has 2 aromatic heterocycles. The molecular formula is C20H22N4O6. The Labute approximate surface area is 172 Å². The number of carbonyl (C=O) groups is 2. The normalized spacial score (nSPS) is 12.8. The largest absolute Gasteiger partial charge is 0.496 e. The monoisotopic (exact) mass is 414 g/mol. The zero-order chi connectivity index (χ0) is 21.7. The SMILES string of the molecule is COc1cc(NC(=O)C(C)CC(C)NC(=O)O)c(-c2cnco2)cc1-c1cnco1. The molecular weight excluding hydrogens is 392 g/mol. The van der Waals surface area contributed by atoms with Gasteiger partial charge in [-0.2, -0.15) is 0 Å². The summed E-state index contributed by atoms with van der Waals surface area (Å²) in [6, 6.07) is 3.05. The maximum Gasteiger partial charge on any atom is 0.404 e. The lowest BCUT2D eigenvalue weighted by molar-refractivity contribution is -0.119. The molecule has 158 valence electrons. The van der Waals surface area contributed by atoms with E-state index in [1.54, 1.807) is 32.2 Å². The van der Waals surface area contributed by atoms with Gasteiger partial charge in [0.15, 0.2) is 24.3 Å². The number of rotatable bonds is 8. The molecule has 1 aromatic carbocycles. The quantitative estimate of drug-likeness (QED) is 0.508. The number of methoxy groups -OCH3 is 1. The van der Waals surface area contributed by atoms with Crippen LogP contribution in [0.15, 0.2) is 46.1 Å². The third kappa shape index (κ3) is 4.77. The molecule has 0 aliphatic rings. The number of hydrogen-bond acceptors (Lipinski definition) is 7. The van der Waals surface area contributed by atoms with Gasteiger partial charge >= 0.3 is 6.09 Å². The molecule has 0 saturated carbocycles. The Morgan fingerprint density at radius 1 is 1.10 bits per heavy atom. The van der Waals surface area contributed by atoms with Crippen molar-refractivity contribution in [2.75, 3.05) is 12.4 Å². The Balaban J connectivity index is 1.91. The lowest BCUT2D eigenvalue weighted by atomic mass is 10.0. The molecule has 30 heavy (non-hydrogen) atoms. The summed E-state index contributed by atoms with van der Waals surface area (Å²) in [5.41, 5.74) is 1.67. The summed E-state index contributed by atoms with van der Waals surface area (Å²) >= 11 is 0. The number of hydrogen-bond donors (Lipinski definition) is 3. The second-order valence-corrected chi connectivity index (χ2v) is 6.81. The molecule has 0 radical (unpaired) electrons. The average Bonchev–Trinajstić information content (AvgIpc) is 3.41. The standard InChI is InChI=1S/C20H22N4O6/c1-11(4-12(2)23-20(26)27)19(25)24-15-6-16(28-3)14(18-8-22-10-30-18)5-13(15)17-7-21-9-29-17/h5-12,23H,4H2,1-3H3,(H,24,25)(H,26,27). The second kappa shape index (κ2) is 9.12. The first-order chi connectivity index (χ1) is 14.4. The molecule has 10 heteroatoms. The van der Waals surface area contributed by atoms with Crippen molar-refractivity contribution in [3.05, 3.63) is 37.3 Å². The van der Waals surface area contributed by atoms with Crippen molar-refractivity contribution in [3.63, 3.8) is 0 Å². The van der Waals surface area contributed by atoms with Gasteiger partial charge in [-0.25, -0.2) is 14.8 Å². The minimum absolute atomic E-state index is 0.274. The third-order valence-electron chi connectivity index (χ3n) is 4.52. The van der Waals surface area contributed by atoms with Crippen molar-refractivity contribution in [1.82, 2.24) is 15.3 Å². The number of aromatic nitrogens is 2. The van der Waals surface area contributed by atoms with Crippen LogP contribution in [0.3, 0.4) is 0 Å². The van der Waals surface area contributed by atoms with E-state index in [1.807, 2.05) is 0 Å². The summed E-state index contributed by atoms with van der Waals surface area (Å²) in [5, 5.41) is 14.0. The first kappa shape index (κ1) is 20.9.